The molecule has 7 nitrogen and oxygen atoms in total. The number of halogens is 2. The number of amides is 3. The maximum Gasteiger partial charge on any atom is 0.293 e. The van der Waals surface area contributed by atoms with Crippen molar-refractivity contribution in [2.75, 3.05) is 19.0 Å². The topological polar surface area (TPSA) is 84.9 Å². The van der Waals surface area contributed by atoms with Crippen LogP contribution in [-0.2, 0) is 16.1 Å². The number of anilines is 1. The number of imide groups is 1. The molecule has 4 rings (SSSR count). The van der Waals surface area contributed by atoms with Gasteiger partial charge in [-0.25, -0.2) is 0 Å². The van der Waals surface area contributed by atoms with Gasteiger partial charge < -0.3 is 14.8 Å². The summed E-state index contributed by atoms with van der Waals surface area (Å²) in [6.07, 6.45) is 1.59. The lowest BCUT2D eigenvalue weighted by Gasteiger charge is -2.14. The number of rotatable bonds is 8. The Bertz CT molecular complexity index is 1330. The molecule has 0 atom stereocenters. The lowest BCUT2D eigenvalue weighted by Crippen LogP contribution is -2.27. The molecule has 1 fully saturated rings. The Hall–Kier alpha value is -3.46. The van der Waals surface area contributed by atoms with Gasteiger partial charge in [-0.3, -0.25) is 19.3 Å². The fourth-order valence-electron chi connectivity index (χ4n) is 3.38. The number of methoxy groups -OCH3 is 1. The van der Waals surface area contributed by atoms with Crippen molar-refractivity contribution in [2.24, 2.45) is 0 Å². The van der Waals surface area contributed by atoms with Gasteiger partial charge in [0.25, 0.3) is 17.1 Å². The van der Waals surface area contributed by atoms with Crippen molar-refractivity contribution in [3.63, 3.8) is 0 Å². The van der Waals surface area contributed by atoms with Crippen molar-refractivity contribution in [1.29, 1.82) is 0 Å². The number of nitrogens with zero attached hydrogens (tertiary/aromatic N) is 1. The lowest BCUT2D eigenvalue weighted by atomic mass is 10.1. The summed E-state index contributed by atoms with van der Waals surface area (Å²) in [5.74, 6) is -0.0323. The van der Waals surface area contributed by atoms with Gasteiger partial charge >= 0.3 is 0 Å². The minimum Gasteiger partial charge on any atom is -0.493 e. The predicted molar refractivity (Wildman–Crippen MR) is 142 cm³/mol. The highest BCUT2D eigenvalue weighted by Gasteiger charge is 2.35. The van der Waals surface area contributed by atoms with Crippen LogP contribution in [0.4, 0.5) is 10.5 Å². The van der Waals surface area contributed by atoms with Crippen LogP contribution >= 0.6 is 35.0 Å². The first-order valence-corrected chi connectivity index (χ1v) is 12.3. The van der Waals surface area contributed by atoms with Crippen LogP contribution in [0, 0.1) is 0 Å². The molecular weight excluding hydrogens is 523 g/mol. The summed E-state index contributed by atoms with van der Waals surface area (Å²) in [6, 6.07) is 19.0. The summed E-state index contributed by atoms with van der Waals surface area (Å²) in [6.45, 7) is -0.240. The molecule has 184 valence electrons. The second-order valence-electron chi connectivity index (χ2n) is 7.58. The standard InChI is InChI=1S/C26H20Cl2N2O5S/c1-34-22-12-16(10-11-21(22)35-15-24(31)29-17-6-3-2-4-7-17)13-23-25(32)30(26(33)36-23)14-18-19(27)8-5-9-20(18)28/h2-13H,14-15H2,1H3,(H,29,31)/b23-13-. The van der Waals surface area contributed by atoms with E-state index in [9.17, 15) is 14.4 Å². The molecule has 10 heteroatoms. The van der Waals surface area contributed by atoms with Gasteiger partial charge in [-0.05, 0) is 59.8 Å². The van der Waals surface area contributed by atoms with Crippen LogP contribution in [0.2, 0.25) is 10.0 Å². The van der Waals surface area contributed by atoms with Crippen molar-refractivity contribution >= 4 is 63.8 Å². The number of ether oxygens (including phenoxy) is 2. The maximum absolute atomic E-state index is 12.9. The Morgan fingerprint density at radius 3 is 2.42 bits per heavy atom. The Morgan fingerprint density at radius 1 is 1.00 bits per heavy atom. The van der Waals surface area contributed by atoms with Crippen LogP contribution in [-0.4, -0.2) is 35.7 Å². The van der Waals surface area contributed by atoms with Crippen LogP contribution in [0.5, 0.6) is 11.5 Å². The summed E-state index contributed by atoms with van der Waals surface area (Å²) >= 11 is 13.2. The molecule has 0 radical (unpaired) electrons. The van der Waals surface area contributed by atoms with E-state index < -0.39 is 11.1 Å². The zero-order chi connectivity index (χ0) is 25.7. The zero-order valence-electron chi connectivity index (χ0n) is 19.0. The first-order chi connectivity index (χ1) is 17.4. The fourth-order valence-corrected chi connectivity index (χ4v) is 4.74. The number of nitrogens with one attached hydrogen (secondary N) is 1. The van der Waals surface area contributed by atoms with E-state index >= 15 is 0 Å². The number of hydrogen-bond donors (Lipinski definition) is 1. The summed E-state index contributed by atoms with van der Waals surface area (Å²) in [4.78, 5) is 39.0. The number of carbonyl (C=O) groups excluding carboxylic acids is 3. The molecule has 0 spiro atoms. The number of para-hydroxylation sites is 1. The molecule has 3 amide bonds. The minimum absolute atomic E-state index is 0.0261. The molecule has 0 aromatic heterocycles. The fraction of sp³-hybridized carbons (Fsp3) is 0.115. The van der Waals surface area contributed by atoms with E-state index in [1.54, 1.807) is 54.6 Å². The van der Waals surface area contributed by atoms with Crippen molar-refractivity contribution in [1.82, 2.24) is 4.90 Å². The van der Waals surface area contributed by atoms with Crippen LogP contribution in [0.15, 0.2) is 71.6 Å². The van der Waals surface area contributed by atoms with Gasteiger partial charge in [0.15, 0.2) is 18.1 Å². The molecule has 0 bridgehead atoms. The van der Waals surface area contributed by atoms with E-state index in [1.807, 2.05) is 18.2 Å². The molecule has 0 aliphatic carbocycles. The van der Waals surface area contributed by atoms with Gasteiger partial charge in [-0.15, -0.1) is 0 Å². The van der Waals surface area contributed by atoms with Gasteiger partial charge in [0, 0.05) is 21.3 Å². The molecule has 1 aliphatic rings. The first-order valence-electron chi connectivity index (χ1n) is 10.7. The maximum atomic E-state index is 12.9. The average Bonchev–Trinajstić information content (AvgIpc) is 3.13. The Kier molecular flexibility index (Phi) is 8.20. The monoisotopic (exact) mass is 542 g/mol. The molecule has 1 saturated heterocycles. The van der Waals surface area contributed by atoms with E-state index in [4.69, 9.17) is 32.7 Å². The highest BCUT2D eigenvalue weighted by atomic mass is 35.5. The Balaban J connectivity index is 1.44. The quantitative estimate of drug-likeness (QED) is 0.338. The molecule has 1 N–H and O–H groups in total. The van der Waals surface area contributed by atoms with Crippen molar-refractivity contribution in [3.8, 4) is 11.5 Å². The smallest absolute Gasteiger partial charge is 0.293 e. The van der Waals surface area contributed by atoms with Gasteiger partial charge in [-0.1, -0.05) is 53.5 Å². The van der Waals surface area contributed by atoms with Gasteiger partial charge in [0.05, 0.1) is 18.6 Å². The molecule has 3 aromatic rings. The summed E-state index contributed by atoms with van der Waals surface area (Å²) in [5, 5.41) is 3.08. The van der Waals surface area contributed by atoms with Gasteiger partial charge in [0.1, 0.15) is 0 Å². The molecule has 0 unspecified atom stereocenters. The largest absolute Gasteiger partial charge is 0.493 e. The normalized spacial score (nSPS) is 14.3. The predicted octanol–water partition coefficient (Wildman–Crippen LogP) is 6.26. The molecular formula is C26H20Cl2N2O5S. The molecule has 3 aromatic carbocycles. The van der Waals surface area contributed by atoms with Crippen molar-refractivity contribution < 1.29 is 23.9 Å². The van der Waals surface area contributed by atoms with Crippen molar-refractivity contribution in [2.45, 2.75) is 6.54 Å². The molecule has 1 heterocycles. The summed E-state index contributed by atoms with van der Waals surface area (Å²) in [7, 11) is 1.47. The van der Waals surface area contributed by atoms with Crippen LogP contribution in [0.1, 0.15) is 11.1 Å². The first kappa shape index (κ1) is 25.6. The van der Waals surface area contributed by atoms with E-state index in [0.29, 0.717) is 38.4 Å². The van der Waals surface area contributed by atoms with Crippen molar-refractivity contribution in [3.05, 3.63) is 92.8 Å². The van der Waals surface area contributed by atoms with E-state index in [1.165, 1.54) is 7.11 Å². The van der Waals surface area contributed by atoms with Crippen LogP contribution in [0.3, 0.4) is 0 Å². The summed E-state index contributed by atoms with van der Waals surface area (Å²) in [5.41, 5.74) is 1.79. The third kappa shape index (κ3) is 6.02. The van der Waals surface area contributed by atoms with E-state index in [-0.39, 0.29) is 24.0 Å². The highest BCUT2D eigenvalue weighted by Crippen LogP contribution is 2.37. The van der Waals surface area contributed by atoms with Gasteiger partial charge in [-0.2, -0.15) is 0 Å². The van der Waals surface area contributed by atoms with E-state index in [0.717, 1.165) is 16.7 Å². The zero-order valence-corrected chi connectivity index (χ0v) is 21.3. The lowest BCUT2D eigenvalue weighted by molar-refractivity contribution is -0.123. The third-order valence-electron chi connectivity index (χ3n) is 5.15. The second-order valence-corrected chi connectivity index (χ2v) is 9.39. The number of carbonyl (C=O) groups is 3. The number of hydrogen-bond acceptors (Lipinski definition) is 6. The third-order valence-corrected chi connectivity index (χ3v) is 6.77. The van der Waals surface area contributed by atoms with E-state index in [2.05, 4.69) is 5.32 Å². The average molecular weight is 543 g/mol. The molecule has 1 aliphatic heterocycles. The molecule has 0 saturated carbocycles. The minimum atomic E-state index is -0.446. The second kappa shape index (κ2) is 11.5. The number of benzene rings is 3. The Labute approximate surface area is 222 Å². The van der Waals surface area contributed by atoms with Crippen LogP contribution < -0.4 is 14.8 Å². The highest BCUT2D eigenvalue weighted by molar-refractivity contribution is 8.18. The number of thioether (sulfide) groups is 1. The molecule has 36 heavy (non-hydrogen) atoms. The van der Waals surface area contributed by atoms with Crippen LogP contribution in [0.25, 0.3) is 6.08 Å². The van der Waals surface area contributed by atoms with Gasteiger partial charge in [0.2, 0.25) is 0 Å². The summed E-state index contributed by atoms with van der Waals surface area (Å²) < 4.78 is 11.0. The SMILES string of the molecule is COc1cc(/C=C2\SC(=O)N(Cc3c(Cl)cccc3Cl)C2=O)ccc1OCC(=O)Nc1ccccc1. The Morgan fingerprint density at radius 2 is 1.72 bits per heavy atom.